The Kier molecular flexibility index (Phi) is 4.21. The number of hydrogen-bond donors (Lipinski definition) is 2. The van der Waals surface area contributed by atoms with Crippen LogP contribution < -0.4 is 10.9 Å². The lowest BCUT2D eigenvalue weighted by Gasteiger charge is -2.22. The van der Waals surface area contributed by atoms with Gasteiger partial charge in [-0.1, -0.05) is 30.9 Å². The molecule has 16 heavy (non-hydrogen) atoms. The lowest BCUT2D eigenvalue weighted by atomic mass is 9.96. The Balaban J connectivity index is 1.79. The van der Waals surface area contributed by atoms with E-state index < -0.39 is 0 Å². The van der Waals surface area contributed by atoms with Gasteiger partial charge in [-0.15, -0.1) is 11.3 Å². The average molecular weight is 259 g/mol. The van der Waals surface area contributed by atoms with Gasteiger partial charge in [-0.25, -0.2) is 5.43 Å². The zero-order valence-corrected chi connectivity index (χ0v) is 10.5. The summed E-state index contributed by atoms with van der Waals surface area (Å²) < 4.78 is 0.641. The van der Waals surface area contributed by atoms with Gasteiger partial charge in [0.2, 0.25) is 0 Å². The van der Waals surface area contributed by atoms with Crippen molar-refractivity contribution in [3.8, 4) is 0 Å². The number of hydrogen-bond acceptors (Lipinski definition) is 3. The fourth-order valence-electron chi connectivity index (χ4n) is 1.91. The molecule has 2 rings (SSSR count). The first kappa shape index (κ1) is 11.9. The molecule has 88 valence electrons. The molecule has 0 aromatic carbocycles. The summed E-state index contributed by atoms with van der Waals surface area (Å²) in [5, 5.41) is 0. The maximum atomic E-state index is 11.7. The molecule has 3 nitrogen and oxygen atoms in total. The van der Waals surface area contributed by atoms with Gasteiger partial charge in [-0.05, 0) is 25.0 Å². The number of hydrazine groups is 1. The van der Waals surface area contributed by atoms with Crippen LogP contribution in [0.1, 0.15) is 41.8 Å². The van der Waals surface area contributed by atoms with Crippen LogP contribution >= 0.6 is 22.9 Å². The largest absolute Gasteiger partial charge is 0.286 e. The van der Waals surface area contributed by atoms with E-state index in [0.717, 1.165) is 12.8 Å². The number of carbonyl (C=O) groups is 1. The molecule has 1 fully saturated rings. The minimum atomic E-state index is -0.0949. The average Bonchev–Trinajstić information content (AvgIpc) is 2.74. The molecular weight excluding hydrogens is 244 g/mol. The summed E-state index contributed by atoms with van der Waals surface area (Å²) in [6, 6.07) is 3.90. The predicted octanol–water partition coefficient (Wildman–Crippen LogP) is 2.97. The molecule has 0 saturated heterocycles. The van der Waals surface area contributed by atoms with E-state index >= 15 is 0 Å². The molecule has 0 bridgehead atoms. The first-order valence-electron chi connectivity index (χ1n) is 5.57. The number of carbonyl (C=O) groups excluding carboxylic acids is 1. The van der Waals surface area contributed by atoms with Gasteiger partial charge in [-0.3, -0.25) is 10.2 Å². The zero-order chi connectivity index (χ0) is 11.4. The fourth-order valence-corrected chi connectivity index (χ4v) is 2.85. The molecule has 1 aliphatic carbocycles. The van der Waals surface area contributed by atoms with Crippen molar-refractivity contribution in [2.45, 2.75) is 38.1 Å². The SMILES string of the molecule is O=C(NNC1CCCCC1)c1ccc(Cl)s1. The van der Waals surface area contributed by atoms with Crippen LogP contribution in [0, 0.1) is 0 Å². The number of rotatable bonds is 3. The van der Waals surface area contributed by atoms with E-state index in [-0.39, 0.29) is 5.91 Å². The fraction of sp³-hybridized carbons (Fsp3) is 0.545. The van der Waals surface area contributed by atoms with Gasteiger partial charge in [0.1, 0.15) is 0 Å². The van der Waals surface area contributed by atoms with Crippen molar-refractivity contribution in [1.29, 1.82) is 0 Å². The minimum absolute atomic E-state index is 0.0949. The first-order chi connectivity index (χ1) is 7.75. The maximum Gasteiger partial charge on any atom is 0.275 e. The van der Waals surface area contributed by atoms with E-state index in [9.17, 15) is 4.79 Å². The minimum Gasteiger partial charge on any atom is -0.286 e. The Morgan fingerprint density at radius 2 is 2.06 bits per heavy atom. The summed E-state index contributed by atoms with van der Waals surface area (Å²) >= 11 is 7.07. The molecule has 1 amide bonds. The molecule has 1 aliphatic rings. The lowest BCUT2D eigenvalue weighted by molar-refractivity contribution is 0.0924. The number of thiophene rings is 1. The van der Waals surface area contributed by atoms with Crippen LogP contribution in [0.5, 0.6) is 0 Å². The van der Waals surface area contributed by atoms with Crippen LogP contribution in [0.4, 0.5) is 0 Å². The molecule has 0 aliphatic heterocycles. The molecule has 1 aromatic heterocycles. The van der Waals surface area contributed by atoms with E-state index in [2.05, 4.69) is 10.9 Å². The summed E-state index contributed by atoms with van der Waals surface area (Å²) in [5.41, 5.74) is 5.84. The Morgan fingerprint density at radius 1 is 1.31 bits per heavy atom. The summed E-state index contributed by atoms with van der Waals surface area (Å²) in [6.07, 6.45) is 6.10. The molecule has 0 atom stereocenters. The number of nitrogens with one attached hydrogen (secondary N) is 2. The van der Waals surface area contributed by atoms with Gasteiger partial charge in [0.25, 0.3) is 5.91 Å². The van der Waals surface area contributed by atoms with Crippen molar-refractivity contribution in [1.82, 2.24) is 10.9 Å². The van der Waals surface area contributed by atoms with E-state index in [1.54, 1.807) is 12.1 Å². The third-order valence-electron chi connectivity index (χ3n) is 2.79. The van der Waals surface area contributed by atoms with Crippen molar-refractivity contribution >= 4 is 28.8 Å². The molecule has 1 heterocycles. The van der Waals surface area contributed by atoms with Crippen LogP contribution in [-0.4, -0.2) is 11.9 Å². The highest BCUT2D eigenvalue weighted by Gasteiger charge is 2.14. The zero-order valence-electron chi connectivity index (χ0n) is 8.96. The van der Waals surface area contributed by atoms with E-state index in [0.29, 0.717) is 15.3 Å². The monoisotopic (exact) mass is 258 g/mol. The van der Waals surface area contributed by atoms with Gasteiger partial charge in [0.05, 0.1) is 9.21 Å². The third-order valence-corrected chi connectivity index (χ3v) is 4.02. The Hall–Kier alpha value is -0.580. The van der Waals surface area contributed by atoms with Crippen molar-refractivity contribution in [2.75, 3.05) is 0 Å². The summed E-state index contributed by atoms with van der Waals surface area (Å²) in [6.45, 7) is 0. The highest BCUT2D eigenvalue weighted by Crippen LogP contribution is 2.21. The van der Waals surface area contributed by atoms with Gasteiger partial charge in [0, 0.05) is 6.04 Å². The molecule has 1 aromatic rings. The molecule has 1 saturated carbocycles. The molecule has 0 radical (unpaired) electrons. The van der Waals surface area contributed by atoms with Crippen LogP contribution in [0.15, 0.2) is 12.1 Å². The Labute approximate surface area is 104 Å². The quantitative estimate of drug-likeness (QED) is 0.819. The summed E-state index contributed by atoms with van der Waals surface area (Å²) in [7, 11) is 0. The maximum absolute atomic E-state index is 11.7. The van der Waals surface area contributed by atoms with Crippen LogP contribution in [0.25, 0.3) is 0 Å². The number of halogens is 1. The smallest absolute Gasteiger partial charge is 0.275 e. The van der Waals surface area contributed by atoms with Crippen molar-refractivity contribution in [3.05, 3.63) is 21.3 Å². The van der Waals surface area contributed by atoms with Crippen LogP contribution in [0.2, 0.25) is 4.34 Å². The molecule has 2 N–H and O–H groups in total. The van der Waals surface area contributed by atoms with Gasteiger partial charge < -0.3 is 0 Å². The van der Waals surface area contributed by atoms with E-state index in [1.165, 1.54) is 30.6 Å². The highest BCUT2D eigenvalue weighted by molar-refractivity contribution is 7.17. The summed E-state index contributed by atoms with van der Waals surface area (Å²) in [5.74, 6) is -0.0949. The van der Waals surface area contributed by atoms with Crippen molar-refractivity contribution in [2.24, 2.45) is 0 Å². The van der Waals surface area contributed by atoms with E-state index in [4.69, 9.17) is 11.6 Å². The number of amides is 1. The Bertz CT molecular complexity index is 361. The van der Waals surface area contributed by atoms with Crippen molar-refractivity contribution in [3.63, 3.8) is 0 Å². The molecule has 5 heteroatoms. The van der Waals surface area contributed by atoms with E-state index in [1.807, 2.05) is 0 Å². The lowest BCUT2D eigenvalue weighted by Crippen LogP contribution is -2.44. The topological polar surface area (TPSA) is 41.1 Å². The predicted molar refractivity (Wildman–Crippen MR) is 66.8 cm³/mol. The second kappa shape index (κ2) is 5.66. The van der Waals surface area contributed by atoms with Gasteiger partial charge in [0.15, 0.2) is 0 Å². The van der Waals surface area contributed by atoms with Gasteiger partial charge >= 0.3 is 0 Å². The highest BCUT2D eigenvalue weighted by atomic mass is 35.5. The summed E-state index contributed by atoms with van der Waals surface area (Å²) in [4.78, 5) is 12.3. The molecule has 0 unspecified atom stereocenters. The van der Waals surface area contributed by atoms with Crippen LogP contribution in [-0.2, 0) is 0 Å². The second-order valence-electron chi connectivity index (χ2n) is 4.04. The van der Waals surface area contributed by atoms with Crippen molar-refractivity contribution < 1.29 is 4.79 Å². The molecule has 0 spiro atoms. The second-order valence-corrected chi connectivity index (χ2v) is 5.75. The first-order valence-corrected chi connectivity index (χ1v) is 6.76. The van der Waals surface area contributed by atoms with Crippen LogP contribution in [0.3, 0.4) is 0 Å². The molecular formula is C11H15ClN2OS. The van der Waals surface area contributed by atoms with Gasteiger partial charge in [-0.2, -0.15) is 0 Å². The standard InChI is InChI=1S/C11H15ClN2OS/c12-10-7-6-9(16-10)11(15)14-13-8-4-2-1-3-5-8/h6-8,13H,1-5H2,(H,14,15). The third kappa shape index (κ3) is 3.20. The normalized spacial score (nSPS) is 17.3. The Morgan fingerprint density at radius 3 is 2.69 bits per heavy atom.